The van der Waals surface area contributed by atoms with Gasteiger partial charge in [-0.25, -0.2) is 9.18 Å². The Labute approximate surface area is 109 Å². The van der Waals surface area contributed by atoms with Gasteiger partial charge in [0.25, 0.3) is 5.91 Å². The summed E-state index contributed by atoms with van der Waals surface area (Å²) < 4.78 is 23.1. The zero-order chi connectivity index (χ0) is 14.4. The first-order chi connectivity index (χ1) is 9.01. The van der Waals surface area contributed by atoms with Crippen molar-refractivity contribution in [3.05, 3.63) is 29.6 Å². The van der Waals surface area contributed by atoms with Crippen LogP contribution in [-0.2, 0) is 9.53 Å². The number of ether oxygens (including phenoxy) is 2. The number of amides is 1. The van der Waals surface area contributed by atoms with Crippen molar-refractivity contribution < 1.29 is 28.6 Å². The summed E-state index contributed by atoms with van der Waals surface area (Å²) in [5.74, 6) is -2.91. The first kappa shape index (κ1) is 14.9. The number of benzene rings is 1. The largest absolute Gasteiger partial charge is 0.496 e. The lowest BCUT2D eigenvalue weighted by molar-refractivity contribution is -0.140. The number of hydrogen-bond acceptors (Lipinski definition) is 4. The van der Waals surface area contributed by atoms with Gasteiger partial charge in [-0.2, -0.15) is 0 Å². The lowest BCUT2D eigenvalue weighted by Gasteiger charge is -2.15. The maximum atomic E-state index is 13.6. The van der Waals surface area contributed by atoms with Gasteiger partial charge in [-0.3, -0.25) is 4.79 Å². The predicted octanol–water partition coefficient (Wildman–Crippen LogP) is 0.664. The van der Waals surface area contributed by atoms with Gasteiger partial charge in [0, 0.05) is 7.11 Å². The zero-order valence-corrected chi connectivity index (χ0v) is 10.5. The maximum Gasteiger partial charge on any atom is 0.328 e. The molecule has 0 aliphatic rings. The van der Waals surface area contributed by atoms with Gasteiger partial charge >= 0.3 is 5.97 Å². The van der Waals surface area contributed by atoms with Crippen molar-refractivity contribution in [2.45, 2.75) is 6.04 Å². The number of halogens is 1. The van der Waals surface area contributed by atoms with E-state index in [4.69, 9.17) is 9.84 Å². The number of carbonyl (C=O) groups excluding carboxylic acids is 1. The lowest BCUT2D eigenvalue weighted by Crippen LogP contribution is -2.44. The third-order valence-electron chi connectivity index (χ3n) is 2.36. The molecule has 1 rings (SSSR count). The summed E-state index contributed by atoms with van der Waals surface area (Å²) in [5.41, 5.74) is -0.340. The van der Waals surface area contributed by atoms with Crippen molar-refractivity contribution in [3.8, 4) is 5.75 Å². The van der Waals surface area contributed by atoms with Crippen LogP contribution in [0.3, 0.4) is 0 Å². The van der Waals surface area contributed by atoms with Gasteiger partial charge in [-0.15, -0.1) is 0 Å². The van der Waals surface area contributed by atoms with Crippen molar-refractivity contribution in [1.29, 1.82) is 0 Å². The Morgan fingerprint density at radius 1 is 1.42 bits per heavy atom. The van der Waals surface area contributed by atoms with E-state index in [0.29, 0.717) is 0 Å². The van der Waals surface area contributed by atoms with E-state index in [0.717, 1.165) is 6.07 Å². The predicted molar refractivity (Wildman–Crippen MR) is 63.7 cm³/mol. The second-order valence-electron chi connectivity index (χ2n) is 3.64. The number of carbonyl (C=O) groups is 2. The minimum Gasteiger partial charge on any atom is -0.496 e. The van der Waals surface area contributed by atoms with Crippen molar-refractivity contribution in [2.24, 2.45) is 0 Å². The normalized spacial score (nSPS) is 11.7. The standard InChI is InChI=1S/C12H14FNO5/c1-18-6-8(12(16)17)14-11(15)10-7(13)4-3-5-9(10)19-2/h3-5,8H,6H2,1-2H3,(H,14,15)(H,16,17). The Bertz CT molecular complexity index is 477. The fourth-order valence-electron chi connectivity index (χ4n) is 1.47. The zero-order valence-electron chi connectivity index (χ0n) is 10.5. The van der Waals surface area contributed by atoms with E-state index < -0.39 is 23.7 Å². The Morgan fingerprint density at radius 2 is 2.11 bits per heavy atom. The second kappa shape index (κ2) is 6.69. The summed E-state index contributed by atoms with van der Waals surface area (Å²) in [6.07, 6.45) is 0. The molecule has 1 unspecified atom stereocenters. The molecule has 0 fully saturated rings. The Morgan fingerprint density at radius 3 is 2.63 bits per heavy atom. The third kappa shape index (κ3) is 3.65. The van der Waals surface area contributed by atoms with Gasteiger partial charge in [-0.05, 0) is 12.1 Å². The minimum absolute atomic E-state index is 0.0269. The van der Waals surface area contributed by atoms with Gasteiger partial charge < -0.3 is 19.9 Å². The molecule has 0 aromatic heterocycles. The van der Waals surface area contributed by atoms with Crippen molar-refractivity contribution in [3.63, 3.8) is 0 Å². The van der Waals surface area contributed by atoms with E-state index in [9.17, 15) is 14.0 Å². The Hall–Kier alpha value is -2.15. The molecule has 19 heavy (non-hydrogen) atoms. The Balaban J connectivity index is 2.97. The Kier molecular flexibility index (Phi) is 5.25. The molecule has 104 valence electrons. The molecule has 2 N–H and O–H groups in total. The van der Waals surface area contributed by atoms with E-state index in [1.165, 1.54) is 26.4 Å². The number of nitrogens with one attached hydrogen (secondary N) is 1. The number of methoxy groups -OCH3 is 2. The fraction of sp³-hybridized carbons (Fsp3) is 0.333. The topological polar surface area (TPSA) is 84.9 Å². The number of carboxylic acid groups (broad SMARTS) is 1. The van der Waals surface area contributed by atoms with Gasteiger partial charge in [0.2, 0.25) is 0 Å². The van der Waals surface area contributed by atoms with Crippen LogP contribution in [0.4, 0.5) is 4.39 Å². The van der Waals surface area contributed by atoms with E-state index in [2.05, 4.69) is 10.1 Å². The van der Waals surface area contributed by atoms with Crippen LogP contribution in [-0.4, -0.2) is 43.9 Å². The molecule has 0 bridgehead atoms. The molecule has 0 spiro atoms. The monoisotopic (exact) mass is 271 g/mol. The van der Waals surface area contributed by atoms with Crippen LogP contribution in [0, 0.1) is 5.82 Å². The fourth-order valence-corrected chi connectivity index (χ4v) is 1.47. The quantitative estimate of drug-likeness (QED) is 0.794. The first-order valence-corrected chi connectivity index (χ1v) is 5.36. The van der Waals surface area contributed by atoms with Crippen LogP contribution in [0.25, 0.3) is 0 Å². The van der Waals surface area contributed by atoms with E-state index in [-0.39, 0.29) is 17.9 Å². The van der Waals surface area contributed by atoms with Crippen molar-refractivity contribution in [1.82, 2.24) is 5.32 Å². The minimum atomic E-state index is -1.27. The molecule has 1 aromatic rings. The number of aliphatic carboxylic acids is 1. The average Bonchev–Trinajstić information content (AvgIpc) is 2.37. The molecule has 0 aliphatic heterocycles. The molecule has 1 amide bonds. The third-order valence-corrected chi connectivity index (χ3v) is 2.36. The highest BCUT2D eigenvalue weighted by Crippen LogP contribution is 2.20. The summed E-state index contributed by atoms with van der Waals surface area (Å²) in [5, 5.41) is 11.0. The summed E-state index contributed by atoms with van der Waals surface area (Å²) in [6.45, 7) is -0.224. The van der Waals surface area contributed by atoms with Gasteiger partial charge in [-0.1, -0.05) is 6.07 Å². The molecular formula is C12H14FNO5. The van der Waals surface area contributed by atoms with Gasteiger partial charge in [0.15, 0.2) is 6.04 Å². The average molecular weight is 271 g/mol. The summed E-state index contributed by atoms with van der Waals surface area (Å²) in [4.78, 5) is 22.8. The summed E-state index contributed by atoms with van der Waals surface area (Å²) in [6, 6.07) is 2.62. The molecule has 0 saturated carbocycles. The van der Waals surface area contributed by atoms with Crippen LogP contribution >= 0.6 is 0 Å². The van der Waals surface area contributed by atoms with Crippen LogP contribution in [0.15, 0.2) is 18.2 Å². The SMILES string of the molecule is COCC(NC(=O)c1c(F)cccc1OC)C(=O)O. The van der Waals surface area contributed by atoms with Gasteiger partial charge in [0.05, 0.1) is 13.7 Å². The van der Waals surface area contributed by atoms with Crippen molar-refractivity contribution >= 4 is 11.9 Å². The molecule has 1 aromatic carbocycles. The van der Waals surface area contributed by atoms with Crippen LogP contribution in [0.5, 0.6) is 5.75 Å². The summed E-state index contributed by atoms with van der Waals surface area (Å²) >= 11 is 0. The maximum absolute atomic E-state index is 13.6. The smallest absolute Gasteiger partial charge is 0.328 e. The molecule has 0 radical (unpaired) electrons. The molecule has 1 atom stereocenters. The first-order valence-electron chi connectivity index (χ1n) is 5.36. The number of hydrogen-bond donors (Lipinski definition) is 2. The highest BCUT2D eigenvalue weighted by molar-refractivity contribution is 5.99. The lowest BCUT2D eigenvalue weighted by atomic mass is 10.1. The van der Waals surface area contributed by atoms with E-state index in [1.807, 2.05) is 0 Å². The van der Waals surface area contributed by atoms with Gasteiger partial charge in [0.1, 0.15) is 17.1 Å². The van der Waals surface area contributed by atoms with Crippen LogP contribution in [0.1, 0.15) is 10.4 Å². The highest BCUT2D eigenvalue weighted by Gasteiger charge is 2.24. The summed E-state index contributed by atoms with van der Waals surface area (Å²) in [7, 11) is 2.58. The van der Waals surface area contributed by atoms with Crippen molar-refractivity contribution in [2.75, 3.05) is 20.8 Å². The molecule has 7 heteroatoms. The molecule has 6 nitrogen and oxygen atoms in total. The van der Waals surface area contributed by atoms with E-state index in [1.54, 1.807) is 0 Å². The second-order valence-corrected chi connectivity index (χ2v) is 3.64. The number of carboxylic acids is 1. The highest BCUT2D eigenvalue weighted by atomic mass is 19.1. The molecular weight excluding hydrogens is 257 g/mol. The van der Waals surface area contributed by atoms with Crippen LogP contribution in [0.2, 0.25) is 0 Å². The molecule has 0 heterocycles. The molecule has 0 saturated heterocycles. The van der Waals surface area contributed by atoms with E-state index >= 15 is 0 Å². The van der Waals surface area contributed by atoms with Crippen LogP contribution < -0.4 is 10.1 Å². The number of rotatable bonds is 6. The molecule has 0 aliphatic carbocycles.